The van der Waals surface area contributed by atoms with Gasteiger partial charge in [0.1, 0.15) is 0 Å². The van der Waals surface area contributed by atoms with Crippen molar-refractivity contribution in [3.63, 3.8) is 0 Å². The van der Waals surface area contributed by atoms with Crippen LogP contribution in [0.2, 0.25) is 5.28 Å². The number of halogens is 1. The average molecular weight is 120 g/mol. The summed E-state index contributed by atoms with van der Waals surface area (Å²) in [5.41, 5.74) is 0. The second kappa shape index (κ2) is 5.82. The maximum atomic E-state index is 2.69. The first kappa shape index (κ1) is 9.95. The molecule has 0 aromatic carbocycles. The van der Waals surface area contributed by atoms with Gasteiger partial charge in [-0.1, -0.05) is 0 Å². The van der Waals surface area contributed by atoms with Gasteiger partial charge in [0.15, 0.2) is 0 Å². The maximum Gasteiger partial charge on any atom is -1.00 e. The van der Waals surface area contributed by atoms with Gasteiger partial charge in [-0.05, 0) is 0 Å². The van der Waals surface area contributed by atoms with E-state index in [1.807, 2.05) is 0 Å². The molecule has 35 valence electrons. The minimum atomic E-state index is 0. The predicted molar refractivity (Wildman–Crippen MR) is 25.4 cm³/mol. The monoisotopic (exact) mass is 119 g/mol. The van der Waals surface area contributed by atoms with Gasteiger partial charge < -0.3 is 12.4 Å². The molecule has 0 aliphatic carbocycles. The van der Waals surface area contributed by atoms with Gasteiger partial charge in [-0.15, -0.1) is 0 Å². The molecule has 1 radical (unpaired) electrons. The van der Waals surface area contributed by atoms with E-state index in [9.17, 15) is 0 Å². The Labute approximate surface area is 54.1 Å². The molecule has 0 saturated carbocycles. The van der Waals surface area contributed by atoms with Crippen molar-refractivity contribution in [1.82, 2.24) is 0 Å². The molecule has 6 heavy (non-hydrogen) atoms. The Hall–Kier alpha value is 0.822. The summed E-state index contributed by atoms with van der Waals surface area (Å²) in [7, 11) is 0. The van der Waals surface area contributed by atoms with Crippen molar-refractivity contribution in [3.8, 4) is 0 Å². The van der Waals surface area contributed by atoms with Crippen LogP contribution in [0.25, 0.3) is 0 Å². The van der Waals surface area contributed by atoms with Crippen LogP contribution < -0.4 is 12.4 Å². The van der Waals surface area contributed by atoms with Crippen molar-refractivity contribution in [1.29, 1.82) is 0 Å². The van der Waals surface area contributed by atoms with Crippen molar-refractivity contribution < 1.29 is 12.4 Å². The normalized spacial score (nSPS) is 7.67. The molecule has 0 aromatic rings. The van der Waals surface area contributed by atoms with Gasteiger partial charge in [0.05, 0.1) is 0 Å². The number of hydrogen-bond donors (Lipinski definition) is 0. The molecule has 0 unspecified atom stereocenters. The van der Waals surface area contributed by atoms with Gasteiger partial charge in [0.2, 0.25) is 0 Å². The van der Waals surface area contributed by atoms with Crippen molar-refractivity contribution in [3.05, 3.63) is 0 Å². The second-order valence-electron chi connectivity index (χ2n) is 1.63. The van der Waals surface area contributed by atoms with Crippen LogP contribution >= 0.6 is 0 Å². The molecule has 0 heterocycles. The van der Waals surface area contributed by atoms with E-state index in [4.69, 9.17) is 0 Å². The zero-order valence-corrected chi connectivity index (χ0v) is 6.15. The Kier molecular flexibility index (Phi) is 9.65. The van der Waals surface area contributed by atoms with E-state index in [0.717, 1.165) is 5.92 Å². The largest absolute Gasteiger partial charge is 1.00 e. The van der Waals surface area contributed by atoms with E-state index >= 15 is 0 Å². The fourth-order valence-corrected chi connectivity index (χ4v) is 0. The van der Waals surface area contributed by atoms with Gasteiger partial charge in [0.25, 0.3) is 0 Å². The van der Waals surface area contributed by atoms with Crippen LogP contribution in [-0.2, 0) is 0 Å². The molecule has 0 aromatic heterocycles. The Morgan fingerprint density at radius 2 is 1.67 bits per heavy atom. The van der Waals surface area contributed by atoms with E-state index in [2.05, 4.69) is 30.1 Å². The van der Waals surface area contributed by atoms with Crippen molar-refractivity contribution in [2.75, 3.05) is 0 Å². The molecular weight excluding hydrogens is 110 g/mol. The summed E-state index contributed by atoms with van der Waals surface area (Å²) in [6.07, 6.45) is 0. The van der Waals surface area contributed by atoms with E-state index in [0.29, 0.717) is 0 Å². The molecule has 0 fully saturated rings. The van der Waals surface area contributed by atoms with Crippen LogP contribution in [0.1, 0.15) is 13.8 Å². The maximum absolute atomic E-state index is 2.69. The summed E-state index contributed by atoms with van der Waals surface area (Å²) >= 11 is 2.69. The van der Waals surface area contributed by atoms with Gasteiger partial charge in [-0.2, -0.15) is 0 Å². The molecule has 0 aliphatic heterocycles. The summed E-state index contributed by atoms with van der Waals surface area (Å²) in [4.78, 5) is 0. The number of rotatable bonds is 1. The standard InChI is InChI=1S/C4H9.Al.ClH/c1-4(2)3;;/h4H,1H2,2-3H3;;1H/q;+1;/p-1. The van der Waals surface area contributed by atoms with E-state index in [1.54, 1.807) is 0 Å². The molecule has 0 saturated heterocycles. The van der Waals surface area contributed by atoms with Crippen LogP contribution in [0.5, 0.6) is 0 Å². The van der Waals surface area contributed by atoms with Gasteiger partial charge in [-0.3, -0.25) is 0 Å². The van der Waals surface area contributed by atoms with Gasteiger partial charge >= 0.3 is 41.3 Å². The van der Waals surface area contributed by atoms with Crippen molar-refractivity contribution in [2.45, 2.75) is 19.1 Å². The zero-order valence-electron chi connectivity index (χ0n) is 4.24. The molecule has 0 aliphatic rings. The van der Waals surface area contributed by atoms with Gasteiger partial charge in [-0.25, -0.2) is 0 Å². The van der Waals surface area contributed by atoms with Crippen molar-refractivity contribution in [2.24, 2.45) is 5.92 Å². The fraction of sp³-hybridized carbons (Fsp3) is 1.00. The van der Waals surface area contributed by atoms with Crippen LogP contribution in [0.4, 0.5) is 0 Å². The zero-order chi connectivity index (χ0) is 4.28. The van der Waals surface area contributed by atoms with Gasteiger partial charge in [0, 0.05) is 0 Å². The summed E-state index contributed by atoms with van der Waals surface area (Å²) in [6, 6.07) is 0. The van der Waals surface area contributed by atoms with Crippen LogP contribution in [0.3, 0.4) is 0 Å². The number of hydrogen-bond acceptors (Lipinski definition) is 0. The van der Waals surface area contributed by atoms with Crippen LogP contribution in [-0.4, -0.2) is 16.3 Å². The average Bonchev–Trinajstić information content (AvgIpc) is 1.38. The minimum absolute atomic E-state index is 0. The smallest absolute Gasteiger partial charge is 1.00 e. The predicted octanol–water partition coefficient (Wildman–Crippen LogP) is -1.77. The third kappa shape index (κ3) is 8.85. The second-order valence-corrected chi connectivity index (χ2v) is 2.10. The molecule has 0 nitrogen and oxygen atoms in total. The molecular formula is C4H9AlCl. The Balaban J connectivity index is 0. The first-order valence-electron chi connectivity index (χ1n) is 1.97. The van der Waals surface area contributed by atoms with E-state index in [-0.39, 0.29) is 12.4 Å². The van der Waals surface area contributed by atoms with Crippen LogP contribution in [0, 0.1) is 5.92 Å². The SMILES string of the molecule is CC(C)[CH2][Al+].[Cl-]. The van der Waals surface area contributed by atoms with Crippen LogP contribution in [0.15, 0.2) is 0 Å². The first-order valence-corrected chi connectivity index (χ1v) is 2.79. The van der Waals surface area contributed by atoms with E-state index in [1.165, 1.54) is 5.28 Å². The third-order valence-electron chi connectivity index (χ3n) is 0.471. The minimum Gasteiger partial charge on any atom is -1.00 e. The first-order chi connectivity index (χ1) is 2.27. The molecule has 0 N–H and O–H groups in total. The molecule has 2 heteroatoms. The molecule has 0 atom stereocenters. The quantitative estimate of drug-likeness (QED) is 0.359. The molecule has 0 rings (SSSR count). The summed E-state index contributed by atoms with van der Waals surface area (Å²) in [5, 5.41) is 1.22. The third-order valence-corrected chi connectivity index (χ3v) is 1.41. The van der Waals surface area contributed by atoms with E-state index < -0.39 is 0 Å². The summed E-state index contributed by atoms with van der Waals surface area (Å²) in [6.45, 7) is 4.40. The fourth-order valence-electron chi connectivity index (χ4n) is 0. The van der Waals surface area contributed by atoms with Crippen molar-refractivity contribution >= 4 is 16.3 Å². The Morgan fingerprint density at radius 1 is 1.50 bits per heavy atom. The summed E-state index contributed by atoms with van der Waals surface area (Å²) in [5.74, 6) is 0.847. The molecule has 0 bridgehead atoms. The molecule has 0 amide bonds. The topological polar surface area (TPSA) is 0 Å². The molecule has 0 spiro atoms. The summed E-state index contributed by atoms with van der Waals surface area (Å²) < 4.78 is 0. The Bertz CT molecular complexity index is 21.5. The Morgan fingerprint density at radius 3 is 1.67 bits per heavy atom.